The van der Waals surface area contributed by atoms with Gasteiger partial charge in [-0.05, 0) is 24.1 Å². The van der Waals surface area contributed by atoms with Crippen molar-refractivity contribution in [3.05, 3.63) is 34.3 Å². The van der Waals surface area contributed by atoms with Gasteiger partial charge in [0.05, 0.1) is 13.0 Å². The topological polar surface area (TPSA) is 55.4 Å². The van der Waals surface area contributed by atoms with Crippen molar-refractivity contribution in [3.63, 3.8) is 0 Å². The average Bonchev–Trinajstić information content (AvgIpc) is 2.36. The van der Waals surface area contributed by atoms with Crippen molar-refractivity contribution in [2.75, 3.05) is 13.2 Å². The fourth-order valence-electron chi connectivity index (χ4n) is 1.34. The van der Waals surface area contributed by atoms with E-state index in [4.69, 9.17) is 4.74 Å². The van der Waals surface area contributed by atoms with Gasteiger partial charge in [-0.3, -0.25) is 9.59 Å². The van der Waals surface area contributed by atoms with E-state index >= 15 is 0 Å². The molecule has 0 unspecified atom stereocenters. The van der Waals surface area contributed by atoms with Crippen molar-refractivity contribution in [1.82, 2.24) is 5.32 Å². The summed E-state index contributed by atoms with van der Waals surface area (Å²) in [6, 6.07) is 7.08. The zero-order valence-corrected chi connectivity index (χ0v) is 12.7. The Morgan fingerprint density at radius 2 is 2.11 bits per heavy atom. The lowest BCUT2D eigenvalue weighted by molar-refractivity contribution is -0.144. The van der Waals surface area contributed by atoms with Crippen LogP contribution in [0.5, 0.6) is 0 Å². The molecule has 0 aromatic heterocycles. The Morgan fingerprint density at radius 1 is 1.37 bits per heavy atom. The smallest absolute Gasteiger partial charge is 0.307 e. The minimum Gasteiger partial charge on any atom is -0.465 e. The van der Waals surface area contributed by atoms with Gasteiger partial charge in [0.2, 0.25) is 0 Å². The predicted molar refractivity (Wildman–Crippen MR) is 76.9 cm³/mol. The summed E-state index contributed by atoms with van der Waals surface area (Å²) < 4.78 is 5.86. The summed E-state index contributed by atoms with van der Waals surface area (Å²) in [5.41, 5.74) is 0.560. The second-order valence-corrected chi connectivity index (χ2v) is 5.51. The number of ether oxygens (including phenoxy) is 1. The van der Waals surface area contributed by atoms with Crippen LogP contribution in [0.1, 0.15) is 30.6 Å². The Hall–Kier alpha value is -1.36. The maximum absolute atomic E-state index is 11.8. The highest BCUT2D eigenvalue weighted by atomic mass is 79.9. The van der Waals surface area contributed by atoms with Crippen LogP contribution < -0.4 is 5.32 Å². The number of esters is 1. The Morgan fingerprint density at radius 3 is 2.74 bits per heavy atom. The van der Waals surface area contributed by atoms with E-state index in [0.29, 0.717) is 18.1 Å². The predicted octanol–water partition coefficient (Wildman–Crippen LogP) is 2.77. The van der Waals surface area contributed by atoms with Crippen molar-refractivity contribution in [1.29, 1.82) is 0 Å². The minimum atomic E-state index is -0.289. The van der Waals surface area contributed by atoms with Gasteiger partial charge in [0.1, 0.15) is 0 Å². The largest absolute Gasteiger partial charge is 0.465 e. The van der Waals surface area contributed by atoms with Crippen molar-refractivity contribution >= 4 is 27.8 Å². The zero-order chi connectivity index (χ0) is 14.3. The Bertz CT molecular complexity index is 446. The molecule has 1 aromatic rings. The molecule has 0 aliphatic rings. The summed E-state index contributed by atoms with van der Waals surface area (Å²) in [6.45, 7) is 4.64. The van der Waals surface area contributed by atoms with Crippen molar-refractivity contribution < 1.29 is 14.3 Å². The molecule has 104 valence electrons. The maximum atomic E-state index is 11.8. The molecule has 0 bridgehead atoms. The van der Waals surface area contributed by atoms with Crippen LogP contribution in [0.3, 0.4) is 0 Å². The first-order chi connectivity index (χ1) is 8.99. The summed E-state index contributed by atoms with van der Waals surface area (Å²) in [5.74, 6) is -0.165. The number of rotatable bonds is 6. The van der Waals surface area contributed by atoms with Crippen LogP contribution in [0.25, 0.3) is 0 Å². The summed E-state index contributed by atoms with van der Waals surface area (Å²) in [6.07, 6.45) is 0.187. The van der Waals surface area contributed by atoms with Crippen LogP contribution >= 0.6 is 15.9 Å². The first-order valence-corrected chi connectivity index (χ1v) is 6.97. The number of hydrogen-bond acceptors (Lipinski definition) is 3. The molecule has 4 nitrogen and oxygen atoms in total. The van der Waals surface area contributed by atoms with Gasteiger partial charge >= 0.3 is 5.97 Å². The van der Waals surface area contributed by atoms with E-state index in [2.05, 4.69) is 21.2 Å². The number of nitrogens with one attached hydrogen (secondary N) is 1. The van der Waals surface area contributed by atoms with Crippen LogP contribution in [0.4, 0.5) is 0 Å². The van der Waals surface area contributed by atoms with Gasteiger partial charge in [0.15, 0.2) is 0 Å². The Labute approximate surface area is 121 Å². The molecular weight excluding hydrogens is 310 g/mol. The number of halogens is 1. The van der Waals surface area contributed by atoms with Gasteiger partial charge in [-0.2, -0.15) is 0 Å². The molecule has 0 fully saturated rings. The van der Waals surface area contributed by atoms with E-state index in [0.717, 1.165) is 4.47 Å². The molecule has 0 aliphatic heterocycles. The summed E-state index contributed by atoms with van der Waals surface area (Å²) in [5, 5.41) is 2.68. The fraction of sp³-hybridized carbons (Fsp3) is 0.429. The highest BCUT2D eigenvalue weighted by Gasteiger charge is 2.08. The molecule has 1 rings (SSSR count). The number of carbonyl (C=O) groups is 2. The van der Waals surface area contributed by atoms with Gasteiger partial charge in [-0.1, -0.05) is 35.8 Å². The van der Waals surface area contributed by atoms with Crippen LogP contribution in [0, 0.1) is 5.92 Å². The molecule has 0 aliphatic carbocycles. The van der Waals surface area contributed by atoms with Crippen LogP contribution in [-0.4, -0.2) is 25.0 Å². The van der Waals surface area contributed by atoms with Gasteiger partial charge in [0.25, 0.3) is 5.91 Å². The molecule has 0 atom stereocenters. The fourth-order valence-corrected chi connectivity index (χ4v) is 1.74. The second kappa shape index (κ2) is 7.94. The lowest BCUT2D eigenvalue weighted by Gasteiger charge is -2.08. The zero-order valence-electron chi connectivity index (χ0n) is 11.1. The molecule has 5 heteroatoms. The molecule has 1 N–H and O–H groups in total. The molecule has 19 heavy (non-hydrogen) atoms. The van der Waals surface area contributed by atoms with Gasteiger partial charge < -0.3 is 10.1 Å². The molecule has 0 saturated heterocycles. The summed E-state index contributed by atoms with van der Waals surface area (Å²) in [7, 11) is 0. The average molecular weight is 328 g/mol. The molecule has 1 aromatic carbocycles. The van der Waals surface area contributed by atoms with Gasteiger partial charge in [-0.25, -0.2) is 0 Å². The SMILES string of the molecule is CC(C)COC(=O)CCNC(=O)c1cccc(Br)c1. The highest BCUT2D eigenvalue weighted by Crippen LogP contribution is 2.11. The standard InChI is InChI=1S/C14H18BrNO3/c1-10(2)9-19-13(17)6-7-16-14(18)11-4-3-5-12(15)8-11/h3-5,8,10H,6-7,9H2,1-2H3,(H,16,18). The van der Waals surface area contributed by atoms with E-state index in [1.807, 2.05) is 19.9 Å². The molecule has 0 saturated carbocycles. The lowest BCUT2D eigenvalue weighted by Crippen LogP contribution is -2.26. The number of carbonyl (C=O) groups excluding carboxylic acids is 2. The van der Waals surface area contributed by atoms with E-state index in [9.17, 15) is 9.59 Å². The molecule has 0 radical (unpaired) electrons. The van der Waals surface area contributed by atoms with Crippen molar-refractivity contribution in [3.8, 4) is 0 Å². The second-order valence-electron chi connectivity index (χ2n) is 4.59. The third-order valence-corrected chi connectivity index (χ3v) is 2.77. The maximum Gasteiger partial charge on any atom is 0.307 e. The molecular formula is C14H18BrNO3. The third-order valence-electron chi connectivity index (χ3n) is 2.28. The number of benzene rings is 1. The van der Waals surface area contributed by atoms with Crippen LogP contribution in [0.15, 0.2) is 28.7 Å². The first-order valence-electron chi connectivity index (χ1n) is 6.18. The van der Waals surface area contributed by atoms with Crippen molar-refractivity contribution in [2.45, 2.75) is 20.3 Å². The molecule has 0 spiro atoms. The van der Waals surface area contributed by atoms with Crippen LogP contribution in [-0.2, 0) is 9.53 Å². The van der Waals surface area contributed by atoms with E-state index in [-0.39, 0.29) is 24.8 Å². The summed E-state index contributed by atoms with van der Waals surface area (Å²) in [4.78, 5) is 23.1. The first kappa shape index (κ1) is 15.7. The van der Waals surface area contributed by atoms with Gasteiger partial charge in [-0.15, -0.1) is 0 Å². The van der Waals surface area contributed by atoms with E-state index in [1.165, 1.54) is 0 Å². The molecule has 1 amide bonds. The van der Waals surface area contributed by atoms with Crippen molar-refractivity contribution in [2.24, 2.45) is 5.92 Å². The lowest BCUT2D eigenvalue weighted by atomic mass is 10.2. The van der Waals surface area contributed by atoms with E-state index < -0.39 is 0 Å². The number of amides is 1. The monoisotopic (exact) mass is 327 g/mol. The normalized spacial score (nSPS) is 10.3. The quantitative estimate of drug-likeness (QED) is 0.817. The highest BCUT2D eigenvalue weighted by molar-refractivity contribution is 9.10. The van der Waals surface area contributed by atoms with Crippen LogP contribution in [0.2, 0.25) is 0 Å². The minimum absolute atomic E-state index is 0.187. The number of hydrogen-bond donors (Lipinski definition) is 1. The Balaban J connectivity index is 2.29. The molecule has 0 heterocycles. The third kappa shape index (κ3) is 6.38. The summed E-state index contributed by atoms with van der Waals surface area (Å²) >= 11 is 3.30. The Kier molecular flexibility index (Phi) is 6.56. The van der Waals surface area contributed by atoms with E-state index in [1.54, 1.807) is 18.2 Å². The van der Waals surface area contributed by atoms with Gasteiger partial charge in [0, 0.05) is 16.6 Å².